The lowest BCUT2D eigenvalue weighted by Crippen LogP contribution is -2.54. The number of H-pyrrole nitrogens is 1. The van der Waals surface area contributed by atoms with E-state index >= 15 is 0 Å². The topological polar surface area (TPSA) is 239 Å². The van der Waals surface area contributed by atoms with E-state index in [0.717, 1.165) is 57.1 Å². The van der Waals surface area contributed by atoms with Crippen LogP contribution >= 0.6 is 0 Å². The molecule has 21 heteroatoms. The zero-order valence-electron chi connectivity index (χ0n) is 44.2. The van der Waals surface area contributed by atoms with Gasteiger partial charge in [0.15, 0.2) is 17.2 Å². The first kappa shape index (κ1) is 53.0. The number of hydrogen-bond donors (Lipinski definition) is 4. The average molecular weight is 1100 g/mol. The highest BCUT2D eigenvalue weighted by Gasteiger charge is 2.50. The number of pyridine rings is 1. The van der Waals surface area contributed by atoms with Crippen LogP contribution in [0.4, 0.5) is 17.1 Å². The van der Waals surface area contributed by atoms with Gasteiger partial charge in [-0.15, -0.1) is 0 Å². The number of carbonyl (C=O) groups is 1. The van der Waals surface area contributed by atoms with Crippen molar-refractivity contribution in [3.05, 3.63) is 99.7 Å². The average Bonchev–Trinajstić information content (AvgIpc) is 4.19. The highest BCUT2D eigenvalue weighted by Crippen LogP contribution is 2.55. The Labute approximate surface area is 450 Å². The van der Waals surface area contributed by atoms with Gasteiger partial charge in [-0.3, -0.25) is 19.8 Å². The lowest BCUT2D eigenvalue weighted by atomic mass is 9.59. The third-order valence-corrected chi connectivity index (χ3v) is 20.2. The summed E-state index contributed by atoms with van der Waals surface area (Å²) in [4.78, 5) is 38.7. The fourth-order valence-corrected chi connectivity index (χ4v) is 15.4. The Kier molecular flexibility index (Phi) is 14.2. The maximum Gasteiger partial charge on any atom is 0.297 e. The number of aromatic nitrogens is 2. The minimum absolute atomic E-state index is 0.000311. The number of aromatic amines is 1. The van der Waals surface area contributed by atoms with E-state index in [1.165, 1.54) is 46.7 Å². The second-order valence-corrected chi connectivity index (χ2v) is 26.7. The summed E-state index contributed by atoms with van der Waals surface area (Å²) in [5.74, 6) is -0.419. The van der Waals surface area contributed by atoms with Crippen LogP contribution in [0.1, 0.15) is 131 Å². The Balaban J connectivity index is 0.854. The van der Waals surface area contributed by atoms with Gasteiger partial charge in [-0.2, -0.15) is 9.29 Å². The van der Waals surface area contributed by atoms with E-state index in [1.54, 1.807) is 37.4 Å². The van der Waals surface area contributed by atoms with Crippen LogP contribution in [0.2, 0.25) is 0 Å². The fourth-order valence-electron chi connectivity index (χ4n) is 13.2. The summed E-state index contributed by atoms with van der Waals surface area (Å²) in [6.45, 7) is 9.44. The SMILES string of the molecule is CC(C)c1ccccc1[C@@H]1CCCN1C1CC2(CCN(c3ccc(C(=O)NS(=O)(=O)c4cc5c(c([N+](=O)[O-])c4)N[C@@H](C4CCC(C)(O)CC4)CO5)c(Oc4cc5cc[nH]c5nc4OC[C@H]4CCCN4S(C)(=O)=O)c3)CC2)C1. The molecule has 3 saturated heterocycles. The molecule has 11 rings (SSSR count). The third-order valence-electron chi connectivity index (χ3n) is 17.5. The van der Waals surface area contributed by atoms with Gasteiger partial charge in [0.05, 0.1) is 39.3 Å². The number of sulfonamides is 2. The van der Waals surface area contributed by atoms with Crippen molar-refractivity contribution in [1.29, 1.82) is 0 Å². The molecule has 6 heterocycles. The molecule has 4 aliphatic heterocycles. The van der Waals surface area contributed by atoms with Crippen molar-refractivity contribution in [3.63, 3.8) is 0 Å². The molecule has 0 unspecified atom stereocenters. The molecule has 2 aliphatic carbocycles. The number of fused-ring (bicyclic) bond motifs is 2. The molecule has 3 atom stereocenters. The number of hydrogen-bond acceptors (Lipinski definition) is 15. The summed E-state index contributed by atoms with van der Waals surface area (Å²) in [5, 5.41) is 27.0. The maximum absolute atomic E-state index is 14.5. The molecule has 5 fully saturated rings. The number of nitro groups is 1. The molecular formula is C56H70N8O11S2. The molecule has 4 N–H and O–H groups in total. The first-order valence-corrected chi connectivity index (χ1v) is 30.6. The summed E-state index contributed by atoms with van der Waals surface area (Å²) < 4.78 is 76.4. The van der Waals surface area contributed by atoms with Crippen molar-refractivity contribution < 1.29 is 45.9 Å². The Morgan fingerprint density at radius 2 is 1.70 bits per heavy atom. The molecule has 0 radical (unpaired) electrons. The second kappa shape index (κ2) is 20.7. The second-order valence-electron chi connectivity index (χ2n) is 23.1. The summed E-state index contributed by atoms with van der Waals surface area (Å²) in [6.07, 6.45) is 13.3. The molecule has 1 amide bonds. The van der Waals surface area contributed by atoms with Gasteiger partial charge in [0.2, 0.25) is 10.0 Å². The van der Waals surface area contributed by atoms with Gasteiger partial charge in [-0.05, 0) is 143 Å². The highest BCUT2D eigenvalue weighted by atomic mass is 32.2. The fraction of sp³-hybridized carbons (Fsp3) is 0.536. The van der Waals surface area contributed by atoms with Crippen LogP contribution in [0, 0.1) is 21.4 Å². The van der Waals surface area contributed by atoms with Crippen molar-refractivity contribution >= 4 is 54.0 Å². The molecule has 3 aromatic carbocycles. The minimum Gasteiger partial charge on any atom is -0.489 e. The number of piperidine rings is 1. The van der Waals surface area contributed by atoms with Gasteiger partial charge in [-0.1, -0.05) is 38.1 Å². The van der Waals surface area contributed by atoms with Crippen LogP contribution in [0.15, 0.2) is 77.8 Å². The molecule has 5 aromatic rings. The van der Waals surface area contributed by atoms with E-state index < -0.39 is 53.1 Å². The lowest BCUT2D eigenvalue weighted by Gasteiger charge is -2.56. The summed E-state index contributed by atoms with van der Waals surface area (Å²) in [6, 6.07) is 19.7. The summed E-state index contributed by atoms with van der Waals surface area (Å²) in [7, 11) is -8.29. The Bertz CT molecular complexity index is 3290. The van der Waals surface area contributed by atoms with Gasteiger partial charge in [0.1, 0.15) is 24.6 Å². The number of benzene rings is 3. The Morgan fingerprint density at radius 1 is 0.948 bits per heavy atom. The van der Waals surface area contributed by atoms with Crippen LogP contribution in [0.3, 0.4) is 0 Å². The molecule has 2 aromatic heterocycles. The number of nitro benzene ring substituents is 1. The molecular weight excluding hydrogens is 1020 g/mol. The largest absolute Gasteiger partial charge is 0.489 e. The van der Waals surface area contributed by atoms with E-state index in [2.05, 4.69) is 62.9 Å². The minimum atomic E-state index is -4.78. The van der Waals surface area contributed by atoms with Crippen LogP contribution in [0.25, 0.3) is 11.0 Å². The predicted molar refractivity (Wildman–Crippen MR) is 292 cm³/mol. The standard InChI is InChI=1S/C56H70N8O11S2/c1-35(2)42-10-5-6-11-43(42)46-12-8-23-62(46)40-31-56(32-40)20-25-61(26-21-56)38-13-14-44(48(28-38)75-50-27-37-17-22-57-52(37)59-54(50)74-33-39-9-7-24-63(39)76(4,69)70)53(65)60-77(71,72)41-29-47(64(67)68)51-49(30-41)73-34-45(58-51)36-15-18-55(3,66)19-16-36/h5-6,10-11,13-14,17,22,27-30,35-36,39-40,45-46,58,66H,7-9,12,15-16,18-21,23-26,31-34H2,1-4H3,(H,57,59)(H,60,65)/t36?,39-,45-,46+,55?/m1/s1. The van der Waals surface area contributed by atoms with Crippen molar-refractivity contribution in [2.75, 3.05) is 55.9 Å². The first-order valence-electron chi connectivity index (χ1n) is 27.2. The number of rotatable bonds is 15. The number of anilines is 2. The zero-order chi connectivity index (χ0) is 54.0. The number of nitrogens with zero attached hydrogens (tertiary/aromatic N) is 5. The van der Waals surface area contributed by atoms with Crippen molar-refractivity contribution in [3.8, 4) is 23.1 Å². The van der Waals surface area contributed by atoms with E-state index in [9.17, 15) is 36.9 Å². The number of nitrogens with one attached hydrogen (secondary N) is 3. The third kappa shape index (κ3) is 10.8. The van der Waals surface area contributed by atoms with Crippen molar-refractivity contribution in [2.45, 2.75) is 138 Å². The first-order chi connectivity index (χ1) is 36.7. The van der Waals surface area contributed by atoms with Crippen molar-refractivity contribution in [2.24, 2.45) is 11.3 Å². The molecule has 2 saturated carbocycles. The van der Waals surface area contributed by atoms with Gasteiger partial charge in [-0.25, -0.2) is 21.6 Å². The van der Waals surface area contributed by atoms with E-state index in [0.29, 0.717) is 74.1 Å². The molecule has 412 valence electrons. The highest BCUT2D eigenvalue weighted by molar-refractivity contribution is 7.90. The number of amides is 1. The van der Waals surface area contributed by atoms with E-state index in [1.807, 2.05) is 0 Å². The number of carbonyl (C=O) groups excluding carboxylic acids is 1. The zero-order valence-corrected chi connectivity index (χ0v) is 45.8. The lowest BCUT2D eigenvalue weighted by molar-refractivity contribution is -0.384. The van der Waals surface area contributed by atoms with Crippen LogP contribution in [0.5, 0.6) is 23.1 Å². The van der Waals surface area contributed by atoms with Crippen molar-refractivity contribution in [1.82, 2.24) is 23.9 Å². The molecule has 0 bridgehead atoms. The van der Waals surface area contributed by atoms with Gasteiger partial charge < -0.3 is 34.5 Å². The predicted octanol–water partition coefficient (Wildman–Crippen LogP) is 9.01. The normalized spacial score (nSPS) is 25.0. The van der Waals surface area contributed by atoms with Crippen LogP contribution in [-0.2, 0) is 20.0 Å². The molecule has 19 nitrogen and oxygen atoms in total. The van der Waals surface area contributed by atoms with Gasteiger partial charge in [0.25, 0.3) is 27.5 Å². The van der Waals surface area contributed by atoms with Crippen LogP contribution in [-0.4, -0.2) is 121 Å². The summed E-state index contributed by atoms with van der Waals surface area (Å²) in [5.41, 5.74) is 2.97. The molecule has 6 aliphatic rings. The molecule has 1 spiro atoms. The Morgan fingerprint density at radius 3 is 2.44 bits per heavy atom. The van der Waals surface area contributed by atoms with Gasteiger partial charge >= 0.3 is 0 Å². The smallest absolute Gasteiger partial charge is 0.297 e. The summed E-state index contributed by atoms with van der Waals surface area (Å²) >= 11 is 0. The quantitative estimate of drug-likeness (QED) is 0.0565. The van der Waals surface area contributed by atoms with E-state index in [-0.39, 0.29) is 65.0 Å². The maximum atomic E-state index is 14.5. The van der Waals surface area contributed by atoms with Gasteiger partial charge in [0, 0.05) is 67.2 Å². The van der Waals surface area contributed by atoms with E-state index in [4.69, 9.17) is 19.2 Å². The number of aliphatic hydroxyl groups is 1. The Hall–Kier alpha value is -6.00. The molecule has 77 heavy (non-hydrogen) atoms. The van der Waals surface area contributed by atoms with Crippen LogP contribution < -0.4 is 29.1 Å². The number of likely N-dealkylation sites (tertiary alicyclic amines) is 1. The monoisotopic (exact) mass is 1090 g/mol. The number of ether oxygens (including phenoxy) is 3.